The zero-order valence-corrected chi connectivity index (χ0v) is 12.0. The smallest absolute Gasteiger partial charge is 0.322 e. The van der Waals surface area contributed by atoms with Crippen LogP contribution in [0.3, 0.4) is 0 Å². The Bertz CT molecular complexity index is 450. The molecule has 0 aliphatic carbocycles. The quantitative estimate of drug-likeness (QED) is 0.889. The molecule has 2 bridgehead atoms. The molecule has 20 heavy (non-hydrogen) atoms. The van der Waals surface area contributed by atoms with Gasteiger partial charge in [0.2, 0.25) is 0 Å². The maximum atomic E-state index is 12.5. The van der Waals surface area contributed by atoms with Crippen molar-refractivity contribution in [1.82, 2.24) is 10.2 Å². The lowest BCUT2D eigenvalue weighted by Crippen LogP contribution is -2.51. The SMILES string of the molecule is CCN(C(=O)Nc1ccccc1)C1CC2CCC(C1)N2. The van der Waals surface area contributed by atoms with E-state index in [0.717, 1.165) is 25.1 Å². The van der Waals surface area contributed by atoms with Gasteiger partial charge in [-0.1, -0.05) is 18.2 Å². The van der Waals surface area contributed by atoms with E-state index in [-0.39, 0.29) is 6.03 Å². The van der Waals surface area contributed by atoms with Crippen molar-refractivity contribution in [3.8, 4) is 0 Å². The van der Waals surface area contributed by atoms with Gasteiger partial charge in [0.05, 0.1) is 0 Å². The topological polar surface area (TPSA) is 44.4 Å². The minimum atomic E-state index is 0.0324. The van der Waals surface area contributed by atoms with Gasteiger partial charge >= 0.3 is 6.03 Å². The minimum Gasteiger partial charge on any atom is -0.322 e. The van der Waals surface area contributed by atoms with Crippen molar-refractivity contribution in [2.24, 2.45) is 0 Å². The number of hydrogen-bond acceptors (Lipinski definition) is 2. The van der Waals surface area contributed by atoms with Crippen molar-refractivity contribution in [3.05, 3.63) is 30.3 Å². The first kappa shape index (κ1) is 13.4. The summed E-state index contributed by atoms with van der Waals surface area (Å²) in [6, 6.07) is 11.3. The van der Waals surface area contributed by atoms with Crippen molar-refractivity contribution < 1.29 is 4.79 Å². The van der Waals surface area contributed by atoms with Gasteiger partial charge in [-0.25, -0.2) is 4.79 Å². The summed E-state index contributed by atoms with van der Waals surface area (Å²) in [4.78, 5) is 14.5. The van der Waals surface area contributed by atoms with Gasteiger partial charge in [-0.15, -0.1) is 0 Å². The summed E-state index contributed by atoms with van der Waals surface area (Å²) >= 11 is 0. The van der Waals surface area contributed by atoms with Gasteiger partial charge in [-0.3, -0.25) is 0 Å². The van der Waals surface area contributed by atoms with E-state index in [1.165, 1.54) is 12.8 Å². The molecule has 4 heteroatoms. The Balaban J connectivity index is 1.65. The Morgan fingerprint density at radius 3 is 2.50 bits per heavy atom. The number of fused-ring (bicyclic) bond motifs is 2. The maximum Gasteiger partial charge on any atom is 0.322 e. The van der Waals surface area contributed by atoms with Crippen LogP contribution in [0.25, 0.3) is 0 Å². The third-order valence-electron chi connectivity index (χ3n) is 4.52. The number of anilines is 1. The fourth-order valence-corrected chi connectivity index (χ4v) is 3.57. The second kappa shape index (κ2) is 5.83. The number of rotatable bonds is 3. The Hall–Kier alpha value is -1.55. The Morgan fingerprint density at radius 1 is 1.25 bits per heavy atom. The molecule has 2 heterocycles. The number of carbonyl (C=O) groups is 1. The molecule has 3 rings (SSSR count). The first-order chi connectivity index (χ1) is 9.76. The molecular weight excluding hydrogens is 250 g/mol. The van der Waals surface area contributed by atoms with Gasteiger partial charge in [-0.05, 0) is 44.7 Å². The van der Waals surface area contributed by atoms with Crippen LogP contribution in [0.5, 0.6) is 0 Å². The molecule has 2 atom stereocenters. The summed E-state index contributed by atoms with van der Waals surface area (Å²) in [6.45, 7) is 2.83. The van der Waals surface area contributed by atoms with E-state index in [2.05, 4.69) is 17.6 Å². The molecule has 108 valence electrons. The minimum absolute atomic E-state index is 0.0324. The molecule has 2 saturated heterocycles. The van der Waals surface area contributed by atoms with E-state index in [4.69, 9.17) is 0 Å². The fourth-order valence-electron chi connectivity index (χ4n) is 3.57. The molecule has 4 nitrogen and oxygen atoms in total. The van der Waals surface area contributed by atoms with E-state index in [9.17, 15) is 4.79 Å². The third kappa shape index (κ3) is 2.80. The van der Waals surface area contributed by atoms with Gasteiger partial charge in [0.25, 0.3) is 0 Å². The number of piperidine rings is 1. The van der Waals surface area contributed by atoms with E-state index >= 15 is 0 Å². The van der Waals surface area contributed by atoms with Crippen LogP contribution in [0.4, 0.5) is 10.5 Å². The molecule has 1 aromatic carbocycles. The Labute approximate surface area is 120 Å². The van der Waals surface area contributed by atoms with Gasteiger partial charge in [0, 0.05) is 30.4 Å². The predicted molar refractivity (Wildman–Crippen MR) is 80.8 cm³/mol. The predicted octanol–water partition coefficient (Wildman–Crippen LogP) is 2.82. The molecule has 2 unspecified atom stereocenters. The number of amides is 2. The zero-order chi connectivity index (χ0) is 13.9. The van der Waals surface area contributed by atoms with E-state index < -0.39 is 0 Å². The monoisotopic (exact) mass is 273 g/mol. The van der Waals surface area contributed by atoms with Crippen LogP contribution in [-0.2, 0) is 0 Å². The van der Waals surface area contributed by atoms with Crippen molar-refractivity contribution in [3.63, 3.8) is 0 Å². The van der Waals surface area contributed by atoms with E-state index in [1.54, 1.807) is 0 Å². The summed E-state index contributed by atoms with van der Waals surface area (Å²) in [5, 5.41) is 6.64. The van der Waals surface area contributed by atoms with Gasteiger partial charge in [0.1, 0.15) is 0 Å². The van der Waals surface area contributed by atoms with Crippen molar-refractivity contribution in [2.45, 2.75) is 50.7 Å². The summed E-state index contributed by atoms with van der Waals surface area (Å²) in [5.41, 5.74) is 0.868. The average molecular weight is 273 g/mol. The molecule has 2 aliphatic heterocycles. The molecule has 2 N–H and O–H groups in total. The molecule has 1 aromatic rings. The first-order valence-corrected chi connectivity index (χ1v) is 7.65. The van der Waals surface area contributed by atoms with Gasteiger partial charge in [-0.2, -0.15) is 0 Å². The number of carbonyl (C=O) groups excluding carboxylic acids is 1. The van der Waals surface area contributed by atoms with Crippen LogP contribution in [0, 0.1) is 0 Å². The summed E-state index contributed by atoms with van der Waals surface area (Å²) in [5.74, 6) is 0. The number of nitrogens with one attached hydrogen (secondary N) is 2. The fraction of sp³-hybridized carbons (Fsp3) is 0.562. The highest BCUT2D eigenvalue weighted by atomic mass is 16.2. The third-order valence-corrected chi connectivity index (χ3v) is 4.52. The van der Waals surface area contributed by atoms with Crippen molar-refractivity contribution >= 4 is 11.7 Å². The molecule has 0 radical (unpaired) electrons. The van der Waals surface area contributed by atoms with Crippen molar-refractivity contribution in [1.29, 1.82) is 0 Å². The Morgan fingerprint density at radius 2 is 1.90 bits per heavy atom. The summed E-state index contributed by atoms with van der Waals surface area (Å²) in [7, 11) is 0. The van der Waals surface area contributed by atoms with Crippen LogP contribution in [0.15, 0.2) is 30.3 Å². The molecule has 0 spiro atoms. The number of nitrogens with zero attached hydrogens (tertiary/aromatic N) is 1. The zero-order valence-electron chi connectivity index (χ0n) is 12.0. The van der Waals surface area contributed by atoms with Crippen LogP contribution in [-0.4, -0.2) is 35.6 Å². The molecule has 0 saturated carbocycles. The number of hydrogen-bond donors (Lipinski definition) is 2. The van der Waals surface area contributed by atoms with Crippen LogP contribution in [0.1, 0.15) is 32.6 Å². The van der Waals surface area contributed by atoms with E-state index in [0.29, 0.717) is 18.1 Å². The highest BCUT2D eigenvalue weighted by molar-refractivity contribution is 5.89. The first-order valence-electron chi connectivity index (χ1n) is 7.65. The second-order valence-corrected chi connectivity index (χ2v) is 5.85. The highest BCUT2D eigenvalue weighted by Crippen LogP contribution is 2.30. The van der Waals surface area contributed by atoms with Crippen molar-refractivity contribution in [2.75, 3.05) is 11.9 Å². The lowest BCUT2D eigenvalue weighted by Gasteiger charge is -2.37. The normalized spacial score (nSPS) is 28.1. The lowest BCUT2D eigenvalue weighted by molar-refractivity contribution is 0.162. The summed E-state index contributed by atoms with van der Waals surface area (Å²) in [6.07, 6.45) is 4.71. The molecule has 2 amide bonds. The molecule has 2 aliphatic rings. The molecule has 0 aromatic heterocycles. The number of benzene rings is 1. The van der Waals surface area contributed by atoms with Crippen LogP contribution < -0.4 is 10.6 Å². The number of urea groups is 1. The van der Waals surface area contributed by atoms with Crippen LogP contribution >= 0.6 is 0 Å². The van der Waals surface area contributed by atoms with E-state index in [1.807, 2.05) is 35.2 Å². The van der Waals surface area contributed by atoms with Gasteiger partial charge in [0.15, 0.2) is 0 Å². The standard InChI is InChI=1S/C16H23N3O/c1-2-19(15-10-13-8-9-14(11-15)17-13)16(20)18-12-6-4-3-5-7-12/h3-7,13-15,17H,2,8-11H2,1H3,(H,18,20). The van der Waals surface area contributed by atoms with Crippen LogP contribution in [0.2, 0.25) is 0 Å². The highest BCUT2D eigenvalue weighted by Gasteiger charge is 2.37. The van der Waals surface area contributed by atoms with Gasteiger partial charge < -0.3 is 15.5 Å². The largest absolute Gasteiger partial charge is 0.322 e. The molecule has 2 fully saturated rings. The summed E-state index contributed by atoms with van der Waals surface area (Å²) < 4.78 is 0. The lowest BCUT2D eigenvalue weighted by atomic mass is 9.98. The molecular formula is C16H23N3O. The average Bonchev–Trinajstić information content (AvgIpc) is 2.80. The Kier molecular flexibility index (Phi) is 3.92. The maximum absolute atomic E-state index is 12.5. The number of para-hydroxylation sites is 1. The second-order valence-electron chi connectivity index (χ2n) is 5.85.